The largest absolute Gasteiger partial charge is 0.490 e. The van der Waals surface area contributed by atoms with Crippen LogP contribution >= 0.6 is 28.1 Å². The number of nitrogens with zero attached hydrogens (tertiary/aromatic N) is 2. The minimum Gasteiger partial charge on any atom is -0.490 e. The van der Waals surface area contributed by atoms with Gasteiger partial charge in [0.15, 0.2) is 18.1 Å². The fraction of sp³-hybridized carbons (Fsp3) is 0.250. The summed E-state index contributed by atoms with van der Waals surface area (Å²) in [6, 6.07) is 11.2. The molecule has 0 atom stereocenters. The van der Waals surface area contributed by atoms with Gasteiger partial charge in [0, 0.05) is 10.2 Å². The summed E-state index contributed by atoms with van der Waals surface area (Å²) in [4.78, 5) is 12.2. The number of hydrogen-bond acceptors (Lipinski definition) is 6. The van der Waals surface area contributed by atoms with Gasteiger partial charge in [0.25, 0.3) is 5.91 Å². The second-order valence-electron chi connectivity index (χ2n) is 6.39. The number of nitrogens with one attached hydrogen (secondary N) is 3. The lowest BCUT2D eigenvalue weighted by Crippen LogP contribution is -2.20. The van der Waals surface area contributed by atoms with Gasteiger partial charge in [0.1, 0.15) is 6.33 Å². The summed E-state index contributed by atoms with van der Waals surface area (Å²) in [6.45, 7) is 4.68. The van der Waals surface area contributed by atoms with E-state index in [1.54, 1.807) is 17.1 Å². The third-order valence-corrected chi connectivity index (χ3v) is 5.12. The highest BCUT2D eigenvalue weighted by molar-refractivity contribution is 9.10. The molecule has 0 aliphatic heterocycles. The third-order valence-electron chi connectivity index (χ3n) is 4.10. The van der Waals surface area contributed by atoms with E-state index in [-0.39, 0.29) is 12.5 Å². The molecular weight excluding hydrogens is 470 g/mol. The highest BCUT2D eigenvalue weighted by Crippen LogP contribution is 2.34. The van der Waals surface area contributed by atoms with Gasteiger partial charge in [-0.1, -0.05) is 33.6 Å². The van der Waals surface area contributed by atoms with Crippen LogP contribution in [0.5, 0.6) is 11.5 Å². The average Bonchev–Trinajstić information content (AvgIpc) is 3.13. The average molecular weight is 492 g/mol. The Hall–Kier alpha value is -2.85. The molecule has 1 aromatic heterocycles. The van der Waals surface area contributed by atoms with Crippen LogP contribution < -0.4 is 20.2 Å². The molecule has 0 saturated heterocycles. The number of carbonyl (C=O) groups is 1. The lowest BCUT2D eigenvalue weighted by Gasteiger charge is -2.16. The molecule has 1 amide bonds. The summed E-state index contributed by atoms with van der Waals surface area (Å²) >= 11 is 8.67. The van der Waals surface area contributed by atoms with E-state index in [4.69, 9.17) is 21.7 Å². The Morgan fingerprint density at radius 3 is 2.63 bits per heavy atom. The van der Waals surface area contributed by atoms with Crippen LogP contribution in [0, 0.1) is 11.7 Å². The standard InChI is InChI=1S/C20H22BrN5O3S/c1-3-28-17-8-14(10-23-26-12-22-25-20(26)30)16(21)9-18(17)29-11-19(27)24-15-6-4-13(2)5-7-15/h4-9,12,23H,3,10-11H2,1-2H3,(H,24,27)(H,25,30). The first-order valence-electron chi connectivity index (χ1n) is 9.26. The van der Waals surface area contributed by atoms with Crippen LogP contribution in [-0.2, 0) is 11.3 Å². The van der Waals surface area contributed by atoms with E-state index < -0.39 is 0 Å². The predicted octanol–water partition coefficient (Wildman–Crippen LogP) is 4.17. The lowest BCUT2D eigenvalue weighted by atomic mass is 10.2. The van der Waals surface area contributed by atoms with Gasteiger partial charge in [0.05, 0.1) is 13.2 Å². The Bertz CT molecular complexity index is 1070. The van der Waals surface area contributed by atoms with Gasteiger partial charge in [-0.15, -0.1) is 0 Å². The molecule has 0 saturated carbocycles. The van der Waals surface area contributed by atoms with Crippen LogP contribution in [0.2, 0.25) is 0 Å². The number of aromatic nitrogens is 3. The molecule has 3 N–H and O–H groups in total. The molecule has 2 aromatic carbocycles. The number of hydrogen-bond donors (Lipinski definition) is 3. The summed E-state index contributed by atoms with van der Waals surface area (Å²) in [5.41, 5.74) is 5.92. The number of benzene rings is 2. The zero-order chi connectivity index (χ0) is 21.5. The first kappa shape index (κ1) is 21.8. The molecule has 3 rings (SSSR count). The van der Waals surface area contributed by atoms with Crippen LogP contribution in [0.1, 0.15) is 18.1 Å². The van der Waals surface area contributed by atoms with Crippen molar-refractivity contribution in [3.8, 4) is 11.5 Å². The summed E-state index contributed by atoms with van der Waals surface area (Å²) in [6.07, 6.45) is 1.56. The van der Waals surface area contributed by atoms with Crippen molar-refractivity contribution in [2.45, 2.75) is 20.4 Å². The Balaban J connectivity index is 1.66. The molecule has 1 heterocycles. The van der Waals surface area contributed by atoms with Crippen molar-refractivity contribution in [2.24, 2.45) is 0 Å². The van der Waals surface area contributed by atoms with Crippen LogP contribution in [0.15, 0.2) is 47.2 Å². The van der Waals surface area contributed by atoms with Gasteiger partial charge in [0.2, 0.25) is 4.77 Å². The van der Waals surface area contributed by atoms with Crippen molar-refractivity contribution in [1.29, 1.82) is 0 Å². The molecule has 10 heteroatoms. The Morgan fingerprint density at radius 2 is 1.97 bits per heavy atom. The number of anilines is 1. The van der Waals surface area contributed by atoms with Crippen molar-refractivity contribution in [1.82, 2.24) is 14.9 Å². The van der Waals surface area contributed by atoms with Crippen molar-refractivity contribution in [3.63, 3.8) is 0 Å². The first-order chi connectivity index (χ1) is 14.5. The molecule has 0 aliphatic rings. The molecule has 0 bridgehead atoms. The van der Waals surface area contributed by atoms with Gasteiger partial charge < -0.3 is 20.2 Å². The van der Waals surface area contributed by atoms with E-state index in [0.717, 1.165) is 21.3 Å². The molecule has 0 spiro atoms. The number of aryl methyl sites for hydroxylation is 1. The van der Waals surface area contributed by atoms with Crippen molar-refractivity contribution in [3.05, 3.63) is 63.1 Å². The van der Waals surface area contributed by atoms with Gasteiger partial charge in [-0.3, -0.25) is 9.89 Å². The minimum atomic E-state index is -0.252. The molecule has 158 valence electrons. The van der Waals surface area contributed by atoms with Crippen LogP contribution in [0.25, 0.3) is 0 Å². The number of aromatic amines is 1. The summed E-state index contributed by atoms with van der Waals surface area (Å²) in [7, 11) is 0. The predicted molar refractivity (Wildman–Crippen MR) is 121 cm³/mol. The molecule has 3 aromatic rings. The van der Waals surface area contributed by atoms with Crippen LogP contribution in [-0.4, -0.2) is 34.0 Å². The lowest BCUT2D eigenvalue weighted by molar-refractivity contribution is -0.118. The zero-order valence-electron chi connectivity index (χ0n) is 16.6. The van der Waals surface area contributed by atoms with E-state index in [2.05, 4.69) is 36.9 Å². The number of rotatable bonds is 9. The number of amides is 1. The van der Waals surface area contributed by atoms with Crippen LogP contribution in [0.3, 0.4) is 0 Å². The van der Waals surface area contributed by atoms with E-state index in [0.29, 0.717) is 29.4 Å². The Kier molecular flexibility index (Phi) is 7.47. The van der Waals surface area contributed by atoms with Crippen LogP contribution in [0.4, 0.5) is 5.69 Å². The molecule has 0 fully saturated rings. The number of halogens is 1. The number of carbonyl (C=O) groups excluding carboxylic acids is 1. The number of ether oxygens (including phenoxy) is 2. The topological polar surface area (TPSA) is 93.2 Å². The first-order valence-corrected chi connectivity index (χ1v) is 10.5. The molecular formula is C20H22BrN5O3S. The monoisotopic (exact) mass is 491 g/mol. The maximum atomic E-state index is 12.2. The van der Waals surface area contributed by atoms with Crippen molar-refractivity contribution < 1.29 is 14.3 Å². The highest BCUT2D eigenvalue weighted by Gasteiger charge is 2.13. The molecule has 0 unspecified atom stereocenters. The fourth-order valence-corrected chi connectivity index (χ4v) is 3.23. The second-order valence-corrected chi connectivity index (χ2v) is 7.63. The van der Waals surface area contributed by atoms with Crippen molar-refractivity contribution >= 4 is 39.7 Å². The highest BCUT2D eigenvalue weighted by atomic mass is 79.9. The van der Waals surface area contributed by atoms with E-state index in [1.165, 1.54) is 0 Å². The maximum absolute atomic E-state index is 12.2. The zero-order valence-corrected chi connectivity index (χ0v) is 19.0. The molecule has 30 heavy (non-hydrogen) atoms. The fourth-order valence-electron chi connectivity index (χ4n) is 2.60. The summed E-state index contributed by atoms with van der Waals surface area (Å²) in [5.74, 6) is 0.778. The summed E-state index contributed by atoms with van der Waals surface area (Å²) < 4.78 is 14.3. The summed E-state index contributed by atoms with van der Waals surface area (Å²) in [5, 5.41) is 9.36. The van der Waals surface area contributed by atoms with Gasteiger partial charge in [-0.05, 0) is 55.9 Å². The second kappa shape index (κ2) is 10.3. The Labute approximate surface area is 187 Å². The van der Waals surface area contributed by atoms with Gasteiger partial charge >= 0.3 is 0 Å². The van der Waals surface area contributed by atoms with Gasteiger partial charge in [-0.2, -0.15) is 5.10 Å². The smallest absolute Gasteiger partial charge is 0.262 e. The van der Waals surface area contributed by atoms with E-state index in [9.17, 15) is 4.79 Å². The molecule has 0 radical (unpaired) electrons. The third kappa shape index (κ3) is 5.83. The maximum Gasteiger partial charge on any atom is 0.262 e. The Morgan fingerprint density at radius 1 is 1.23 bits per heavy atom. The normalized spacial score (nSPS) is 10.5. The molecule has 0 aliphatic carbocycles. The van der Waals surface area contributed by atoms with Gasteiger partial charge in [-0.25, -0.2) is 4.68 Å². The number of H-pyrrole nitrogens is 1. The SMILES string of the molecule is CCOc1cc(CNn2cn[nH]c2=S)c(Br)cc1OCC(=O)Nc1ccc(C)cc1. The van der Waals surface area contributed by atoms with Crippen molar-refractivity contribution in [2.75, 3.05) is 24.0 Å². The molecule has 8 nitrogen and oxygen atoms in total. The van der Waals surface area contributed by atoms with E-state index >= 15 is 0 Å². The quantitative estimate of drug-likeness (QED) is 0.389. The minimum absolute atomic E-state index is 0.137. The van der Waals surface area contributed by atoms with E-state index in [1.807, 2.05) is 44.2 Å².